The Hall–Kier alpha value is -2.60. The van der Waals surface area contributed by atoms with Crippen molar-refractivity contribution in [3.63, 3.8) is 0 Å². The largest absolute Gasteiger partial charge is 0.478 e. The number of hydrogen-bond acceptors (Lipinski definition) is 4. The monoisotopic (exact) mass is 509 g/mol. The normalized spacial score (nSPS) is 13.7. The van der Waals surface area contributed by atoms with Crippen LogP contribution in [0.5, 0.6) is 5.75 Å². The predicted octanol–water partition coefficient (Wildman–Crippen LogP) is 6.58. The summed E-state index contributed by atoms with van der Waals surface area (Å²) < 4.78 is 13.2. The third kappa shape index (κ3) is 4.08. The van der Waals surface area contributed by atoms with Gasteiger partial charge in [0, 0.05) is 22.6 Å². The molecule has 6 heteroatoms. The second-order valence-electron chi connectivity index (χ2n) is 7.99. The summed E-state index contributed by atoms with van der Waals surface area (Å²) in [4.78, 5) is 15.6. The van der Waals surface area contributed by atoms with Crippen LogP contribution in [0.25, 0.3) is 22.1 Å². The standard InChI is InChI=1S/C26H21BrClNO3/c1-16-24(18-4-6-19(27)7-5-18)25(30)21-10-11-23-22(26(21)32-16)14-29(15-31-23)13-12-17-2-8-20(28)9-3-17/h2-11H,12-15H2,1H3. The molecule has 4 nitrogen and oxygen atoms in total. The van der Waals surface area contributed by atoms with E-state index in [4.69, 9.17) is 20.8 Å². The minimum atomic E-state index is -0.0211. The van der Waals surface area contributed by atoms with Crippen LogP contribution in [-0.4, -0.2) is 18.2 Å². The molecule has 0 unspecified atom stereocenters. The zero-order valence-electron chi connectivity index (χ0n) is 17.5. The minimum Gasteiger partial charge on any atom is -0.478 e. The van der Waals surface area contributed by atoms with Crippen LogP contribution in [0, 0.1) is 6.92 Å². The van der Waals surface area contributed by atoms with Crippen molar-refractivity contribution in [1.29, 1.82) is 0 Å². The van der Waals surface area contributed by atoms with Crippen LogP contribution in [0.15, 0.2) is 74.3 Å². The van der Waals surface area contributed by atoms with E-state index in [0.29, 0.717) is 35.6 Å². The van der Waals surface area contributed by atoms with Gasteiger partial charge in [0.15, 0.2) is 0 Å². The van der Waals surface area contributed by atoms with Gasteiger partial charge in [-0.25, -0.2) is 0 Å². The number of halogens is 2. The van der Waals surface area contributed by atoms with Crippen molar-refractivity contribution in [3.05, 3.63) is 97.3 Å². The van der Waals surface area contributed by atoms with E-state index < -0.39 is 0 Å². The van der Waals surface area contributed by atoms with E-state index in [1.807, 2.05) is 67.6 Å². The molecule has 1 aliphatic heterocycles. The lowest BCUT2D eigenvalue weighted by Gasteiger charge is -2.29. The fourth-order valence-corrected chi connectivity index (χ4v) is 4.54. The molecule has 32 heavy (non-hydrogen) atoms. The maximum absolute atomic E-state index is 13.4. The number of ether oxygens (including phenoxy) is 1. The van der Waals surface area contributed by atoms with Gasteiger partial charge in [0.2, 0.25) is 5.43 Å². The van der Waals surface area contributed by atoms with Crippen molar-refractivity contribution in [1.82, 2.24) is 4.90 Å². The highest BCUT2D eigenvalue weighted by Crippen LogP contribution is 2.34. The number of fused-ring (bicyclic) bond motifs is 3. The lowest BCUT2D eigenvalue weighted by Crippen LogP contribution is -2.33. The van der Waals surface area contributed by atoms with Gasteiger partial charge < -0.3 is 9.15 Å². The first-order chi connectivity index (χ1) is 15.5. The molecule has 0 radical (unpaired) electrons. The number of aryl methyl sites for hydroxylation is 1. The molecule has 0 amide bonds. The highest BCUT2D eigenvalue weighted by molar-refractivity contribution is 9.10. The van der Waals surface area contributed by atoms with Gasteiger partial charge in [-0.15, -0.1) is 0 Å². The second kappa shape index (κ2) is 8.74. The summed E-state index contributed by atoms with van der Waals surface area (Å²) in [6.45, 7) is 3.85. The third-order valence-electron chi connectivity index (χ3n) is 5.84. The summed E-state index contributed by atoms with van der Waals surface area (Å²) in [5, 5.41) is 1.32. The first-order valence-electron chi connectivity index (χ1n) is 10.4. The van der Waals surface area contributed by atoms with Gasteiger partial charge in [-0.3, -0.25) is 9.69 Å². The Morgan fingerprint density at radius 3 is 2.53 bits per heavy atom. The molecule has 4 aromatic rings. The van der Waals surface area contributed by atoms with Crippen molar-refractivity contribution < 1.29 is 9.15 Å². The quantitative estimate of drug-likeness (QED) is 0.311. The van der Waals surface area contributed by atoms with E-state index in [9.17, 15) is 4.79 Å². The number of benzene rings is 3. The Labute approximate surface area is 199 Å². The summed E-state index contributed by atoms with van der Waals surface area (Å²) >= 11 is 9.43. The van der Waals surface area contributed by atoms with Gasteiger partial charge in [0.1, 0.15) is 23.8 Å². The molecule has 0 saturated heterocycles. The van der Waals surface area contributed by atoms with Crippen LogP contribution in [-0.2, 0) is 13.0 Å². The zero-order chi connectivity index (χ0) is 22.2. The van der Waals surface area contributed by atoms with Gasteiger partial charge in [0.25, 0.3) is 0 Å². The molecule has 0 saturated carbocycles. The van der Waals surface area contributed by atoms with E-state index in [2.05, 4.69) is 20.8 Å². The van der Waals surface area contributed by atoms with Crippen LogP contribution >= 0.6 is 27.5 Å². The van der Waals surface area contributed by atoms with Gasteiger partial charge in [-0.1, -0.05) is 51.8 Å². The molecule has 2 heterocycles. The van der Waals surface area contributed by atoms with Crippen LogP contribution in [0.3, 0.4) is 0 Å². The maximum atomic E-state index is 13.4. The van der Waals surface area contributed by atoms with Crippen LogP contribution in [0.1, 0.15) is 16.9 Å². The molecule has 0 fully saturated rings. The molecular weight excluding hydrogens is 490 g/mol. The van der Waals surface area contributed by atoms with Crippen molar-refractivity contribution in [3.8, 4) is 16.9 Å². The van der Waals surface area contributed by atoms with Gasteiger partial charge >= 0.3 is 0 Å². The SMILES string of the molecule is Cc1oc2c3c(ccc2c(=O)c1-c1ccc(Br)cc1)OCN(CCc1ccc(Cl)cc1)C3. The number of rotatable bonds is 4. The van der Waals surface area contributed by atoms with Crippen molar-refractivity contribution in [2.24, 2.45) is 0 Å². The first-order valence-corrected chi connectivity index (χ1v) is 11.6. The molecule has 0 bridgehead atoms. The smallest absolute Gasteiger partial charge is 0.200 e. The predicted molar refractivity (Wildman–Crippen MR) is 131 cm³/mol. The van der Waals surface area contributed by atoms with E-state index in [1.165, 1.54) is 5.56 Å². The molecule has 5 rings (SSSR count). The first kappa shape index (κ1) is 21.3. The number of hydrogen-bond donors (Lipinski definition) is 0. The molecule has 0 N–H and O–H groups in total. The van der Waals surface area contributed by atoms with Crippen LogP contribution in [0.4, 0.5) is 0 Å². The Kier molecular flexibility index (Phi) is 5.80. The molecule has 162 valence electrons. The maximum Gasteiger partial charge on any atom is 0.200 e. The number of nitrogens with zero attached hydrogens (tertiary/aromatic N) is 1. The highest BCUT2D eigenvalue weighted by Gasteiger charge is 2.23. The van der Waals surface area contributed by atoms with E-state index >= 15 is 0 Å². The Morgan fingerprint density at radius 2 is 1.78 bits per heavy atom. The fraction of sp³-hybridized carbons (Fsp3) is 0.192. The molecule has 3 aromatic carbocycles. The van der Waals surface area contributed by atoms with Crippen LogP contribution in [0.2, 0.25) is 5.02 Å². The summed E-state index contributed by atoms with van der Waals surface area (Å²) in [5.74, 6) is 1.38. The van der Waals surface area contributed by atoms with E-state index in [1.54, 1.807) is 0 Å². The molecule has 1 aromatic heterocycles. The molecule has 0 atom stereocenters. The minimum absolute atomic E-state index is 0.0211. The molecule has 0 aliphatic carbocycles. The summed E-state index contributed by atoms with van der Waals surface area (Å²) in [6, 6.07) is 19.3. The zero-order valence-corrected chi connectivity index (χ0v) is 19.9. The summed E-state index contributed by atoms with van der Waals surface area (Å²) in [5.41, 5.74) is 4.18. The van der Waals surface area contributed by atoms with Gasteiger partial charge in [0.05, 0.1) is 16.5 Å². The molecular formula is C26H21BrClNO3. The molecule has 0 spiro atoms. The van der Waals surface area contributed by atoms with Gasteiger partial charge in [-0.05, 0) is 60.9 Å². The van der Waals surface area contributed by atoms with E-state index in [0.717, 1.165) is 39.3 Å². The second-order valence-corrected chi connectivity index (χ2v) is 9.34. The van der Waals surface area contributed by atoms with Crippen LogP contribution < -0.4 is 10.2 Å². The Balaban J connectivity index is 1.47. The fourth-order valence-electron chi connectivity index (χ4n) is 4.15. The summed E-state index contributed by atoms with van der Waals surface area (Å²) in [6.07, 6.45) is 0.886. The Morgan fingerprint density at radius 1 is 1.03 bits per heavy atom. The van der Waals surface area contributed by atoms with Crippen molar-refractivity contribution in [2.75, 3.05) is 13.3 Å². The third-order valence-corrected chi connectivity index (χ3v) is 6.62. The van der Waals surface area contributed by atoms with E-state index in [-0.39, 0.29) is 5.43 Å². The van der Waals surface area contributed by atoms with Crippen molar-refractivity contribution >= 4 is 38.5 Å². The highest BCUT2D eigenvalue weighted by atomic mass is 79.9. The topological polar surface area (TPSA) is 42.7 Å². The van der Waals surface area contributed by atoms with Crippen molar-refractivity contribution in [2.45, 2.75) is 19.9 Å². The average Bonchev–Trinajstić information content (AvgIpc) is 2.80. The lowest BCUT2D eigenvalue weighted by atomic mass is 10.0. The lowest BCUT2D eigenvalue weighted by molar-refractivity contribution is 0.0968. The Bertz CT molecular complexity index is 1350. The molecule has 1 aliphatic rings. The van der Waals surface area contributed by atoms with Gasteiger partial charge in [-0.2, -0.15) is 0 Å². The average molecular weight is 511 g/mol. The summed E-state index contributed by atoms with van der Waals surface area (Å²) in [7, 11) is 0.